The van der Waals surface area contributed by atoms with Gasteiger partial charge in [0.15, 0.2) is 11.6 Å². The van der Waals surface area contributed by atoms with Gasteiger partial charge in [0.25, 0.3) is 5.91 Å². The summed E-state index contributed by atoms with van der Waals surface area (Å²) in [6.45, 7) is 5.81. The Labute approximate surface area is 127 Å². The number of carbonyl (C=O) groups excluding carboxylic acids is 1. The highest BCUT2D eigenvalue weighted by atomic mass is 19.2. The van der Waals surface area contributed by atoms with Crippen LogP contribution in [-0.2, 0) is 0 Å². The van der Waals surface area contributed by atoms with Crippen molar-refractivity contribution in [2.75, 3.05) is 23.3 Å². The van der Waals surface area contributed by atoms with Crippen LogP contribution in [0.15, 0.2) is 36.5 Å². The highest BCUT2D eigenvalue weighted by molar-refractivity contribution is 6.03. The largest absolute Gasteiger partial charge is 0.371 e. The maximum atomic E-state index is 13.1. The number of benzene rings is 1. The van der Waals surface area contributed by atoms with Gasteiger partial charge in [-0.25, -0.2) is 13.8 Å². The lowest BCUT2D eigenvalue weighted by atomic mass is 10.2. The molecule has 0 aliphatic rings. The molecule has 22 heavy (non-hydrogen) atoms. The molecule has 0 saturated heterocycles. The molecule has 0 aliphatic heterocycles. The summed E-state index contributed by atoms with van der Waals surface area (Å²) < 4.78 is 26.0. The predicted molar refractivity (Wildman–Crippen MR) is 82.1 cm³/mol. The summed E-state index contributed by atoms with van der Waals surface area (Å²) in [6, 6.07) is 6.51. The smallest absolute Gasteiger partial charge is 0.256 e. The lowest BCUT2D eigenvalue weighted by Gasteiger charge is -2.20. The third-order valence-corrected chi connectivity index (χ3v) is 3.30. The van der Waals surface area contributed by atoms with Crippen molar-refractivity contribution in [1.29, 1.82) is 0 Å². The lowest BCUT2D eigenvalue weighted by Crippen LogP contribution is -2.22. The minimum Gasteiger partial charge on any atom is -0.371 e. The highest BCUT2D eigenvalue weighted by Gasteiger charge is 2.11. The zero-order valence-corrected chi connectivity index (χ0v) is 12.4. The molecule has 0 saturated carbocycles. The van der Waals surface area contributed by atoms with Gasteiger partial charge in [0.2, 0.25) is 0 Å². The number of hydrogen-bond acceptors (Lipinski definition) is 3. The zero-order chi connectivity index (χ0) is 16.1. The molecule has 1 amide bonds. The van der Waals surface area contributed by atoms with Crippen molar-refractivity contribution in [2.24, 2.45) is 0 Å². The van der Waals surface area contributed by atoms with Gasteiger partial charge >= 0.3 is 0 Å². The Morgan fingerprint density at radius 2 is 1.86 bits per heavy atom. The van der Waals surface area contributed by atoms with Gasteiger partial charge in [-0.05, 0) is 44.2 Å². The molecule has 1 N–H and O–H groups in total. The van der Waals surface area contributed by atoms with Gasteiger partial charge in [-0.2, -0.15) is 0 Å². The topological polar surface area (TPSA) is 45.2 Å². The summed E-state index contributed by atoms with van der Waals surface area (Å²) in [5, 5.41) is 2.55. The summed E-state index contributed by atoms with van der Waals surface area (Å²) in [7, 11) is 0. The highest BCUT2D eigenvalue weighted by Crippen LogP contribution is 2.16. The monoisotopic (exact) mass is 305 g/mol. The van der Waals surface area contributed by atoms with Crippen molar-refractivity contribution < 1.29 is 13.6 Å². The van der Waals surface area contributed by atoms with Gasteiger partial charge in [-0.15, -0.1) is 0 Å². The first-order valence-corrected chi connectivity index (χ1v) is 7.02. The van der Waals surface area contributed by atoms with Crippen molar-refractivity contribution >= 4 is 17.4 Å². The maximum Gasteiger partial charge on any atom is 0.256 e. The molecule has 0 spiro atoms. The first kappa shape index (κ1) is 15.9. The molecule has 2 rings (SSSR count). The van der Waals surface area contributed by atoms with Gasteiger partial charge in [-0.3, -0.25) is 4.79 Å². The van der Waals surface area contributed by atoms with Crippen LogP contribution >= 0.6 is 0 Å². The first-order chi connectivity index (χ1) is 10.5. The van der Waals surface area contributed by atoms with Crippen molar-refractivity contribution in [1.82, 2.24) is 4.98 Å². The Balaban J connectivity index is 2.10. The van der Waals surface area contributed by atoms with Crippen LogP contribution in [0.3, 0.4) is 0 Å². The molecular formula is C16H17F2N3O. The number of aromatic nitrogens is 1. The van der Waals surface area contributed by atoms with E-state index in [1.165, 1.54) is 6.07 Å². The number of carbonyl (C=O) groups is 1. The molecule has 116 valence electrons. The summed E-state index contributed by atoms with van der Waals surface area (Å²) >= 11 is 0. The van der Waals surface area contributed by atoms with Crippen molar-refractivity contribution in [3.63, 3.8) is 0 Å². The van der Waals surface area contributed by atoms with Gasteiger partial charge in [0.05, 0.1) is 11.9 Å². The predicted octanol–water partition coefficient (Wildman–Crippen LogP) is 3.46. The van der Waals surface area contributed by atoms with Crippen LogP contribution in [0, 0.1) is 11.6 Å². The molecule has 0 bridgehead atoms. The summed E-state index contributed by atoms with van der Waals surface area (Å²) in [4.78, 5) is 18.2. The molecule has 1 aromatic carbocycles. The lowest BCUT2D eigenvalue weighted by molar-refractivity contribution is 0.102. The second-order valence-corrected chi connectivity index (χ2v) is 4.66. The average molecular weight is 305 g/mol. The van der Waals surface area contributed by atoms with Crippen molar-refractivity contribution in [2.45, 2.75) is 13.8 Å². The van der Waals surface area contributed by atoms with E-state index in [9.17, 15) is 13.6 Å². The molecule has 0 atom stereocenters. The van der Waals surface area contributed by atoms with Crippen LogP contribution in [0.25, 0.3) is 0 Å². The van der Waals surface area contributed by atoms with Crippen LogP contribution < -0.4 is 10.2 Å². The van der Waals surface area contributed by atoms with Gasteiger partial charge in [0.1, 0.15) is 5.82 Å². The average Bonchev–Trinajstić information content (AvgIpc) is 2.52. The van der Waals surface area contributed by atoms with E-state index >= 15 is 0 Å². The van der Waals surface area contributed by atoms with E-state index in [2.05, 4.69) is 15.2 Å². The van der Waals surface area contributed by atoms with Crippen LogP contribution in [0.5, 0.6) is 0 Å². The Bertz CT molecular complexity index is 655. The molecule has 2 aromatic rings. The normalized spacial score (nSPS) is 10.4. The summed E-state index contributed by atoms with van der Waals surface area (Å²) in [5.74, 6) is -2.23. The Morgan fingerprint density at radius 3 is 2.41 bits per heavy atom. The molecule has 0 fully saturated rings. The first-order valence-electron chi connectivity index (χ1n) is 7.02. The summed E-state index contributed by atoms with van der Waals surface area (Å²) in [5.41, 5.74) is 0.990. The van der Waals surface area contributed by atoms with E-state index < -0.39 is 17.5 Å². The molecule has 1 aromatic heterocycles. The third kappa shape index (κ3) is 3.58. The standard InChI is InChI=1S/C16H17F2N3O/c1-3-21(4-2)12-6-8-15(19-10-12)20-16(22)11-5-7-13(17)14(18)9-11/h5-10H,3-4H2,1-2H3,(H,19,20,22). The van der Waals surface area contributed by atoms with E-state index in [0.717, 1.165) is 30.9 Å². The molecule has 6 heteroatoms. The second-order valence-electron chi connectivity index (χ2n) is 4.66. The maximum absolute atomic E-state index is 13.1. The number of pyridine rings is 1. The van der Waals surface area contributed by atoms with Crippen LogP contribution in [0.4, 0.5) is 20.3 Å². The molecule has 0 aliphatic carbocycles. The second kappa shape index (κ2) is 6.98. The number of hydrogen-bond donors (Lipinski definition) is 1. The SMILES string of the molecule is CCN(CC)c1ccc(NC(=O)c2ccc(F)c(F)c2)nc1. The molecule has 0 radical (unpaired) electrons. The molecule has 1 heterocycles. The minimum absolute atomic E-state index is 0.0357. The molecule has 0 unspecified atom stereocenters. The minimum atomic E-state index is -1.06. The Hall–Kier alpha value is -2.50. The fourth-order valence-electron chi connectivity index (χ4n) is 2.06. The zero-order valence-electron chi connectivity index (χ0n) is 12.4. The Morgan fingerprint density at radius 1 is 1.14 bits per heavy atom. The molecule has 4 nitrogen and oxygen atoms in total. The Kier molecular flexibility index (Phi) is 5.04. The van der Waals surface area contributed by atoms with E-state index in [0.29, 0.717) is 5.82 Å². The van der Waals surface area contributed by atoms with E-state index in [1.54, 1.807) is 12.3 Å². The van der Waals surface area contributed by atoms with Crippen LogP contribution in [0.1, 0.15) is 24.2 Å². The van der Waals surface area contributed by atoms with Crippen LogP contribution in [0.2, 0.25) is 0 Å². The fraction of sp³-hybridized carbons (Fsp3) is 0.250. The van der Waals surface area contributed by atoms with E-state index in [1.807, 2.05) is 19.9 Å². The van der Waals surface area contributed by atoms with E-state index in [-0.39, 0.29) is 5.56 Å². The van der Waals surface area contributed by atoms with Crippen molar-refractivity contribution in [3.05, 3.63) is 53.7 Å². The van der Waals surface area contributed by atoms with E-state index in [4.69, 9.17) is 0 Å². The number of nitrogens with one attached hydrogen (secondary N) is 1. The van der Waals surface area contributed by atoms with Gasteiger partial charge in [0, 0.05) is 18.7 Å². The van der Waals surface area contributed by atoms with Crippen LogP contribution in [-0.4, -0.2) is 24.0 Å². The third-order valence-electron chi connectivity index (χ3n) is 3.30. The van der Waals surface area contributed by atoms with Gasteiger partial charge in [-0.1, -0.05) is 0 Å². The number of nitrogens with zero attached hydrogens (tertiary/aromatic N) is 2. The van der Waals surface area contributed by atoms with Crippen molar-refractivity contribution in [3.8, 4) is 0 Å². The number of anilines is 2. The number of amides is 1. The number of rotatable bonds is 5. The van der Waals surface area contributed by atoms with Gasteiger partial charge < -0.3 is 10.2 Å². The number of halogens is 2. The quantitative estimate of drug-likeness (QED) is 0.920. The summed E-state index contributed by atoms with van der Waals surface area (Å²) in [6.07, 6.45) is 1.66. The molecular weight excluding hydrogens is 288 g/mol. The fourth-order valence-corrected chi connectivity index (χ4v) is 2.06.